The Bertz CT molecular complexity index is 1890. The lowest BCUT2D eigenvalue weighted by molar-refractivity contribution is 0.754. The van der Waals surface area contributed by atoms with E-state index < -0.39 is 0 Å². The quantitative estimate of drug-likeness (QED) is 0.205. The minimum absolute atomic E-state index is 0.0254. The van der Waals surface area contributed by atoms with Gasteiger partial charge in [-0.2, -0.15) is 0 Å². The number of aliphatic imine (C=N–C) groups is 2. The molecule has 0 bridgehead atoms. The van der Waals surface area contributed by atoms with Gasteiger partial charge in [-0.25, -0.2) is 4.99 Å². The molecule has 0 N–H and O–H groups in total. The van der Waals surface area contributed by atoms with Crippen LogP contribution in [0.4, 0.5) is 0 Å². The van der Waals surface area contributed by atoms with Gasteiger partial charge in [0.2, 0.25) is 0 Å². The lowest BCUT2D eigenvalue weighted by Crippen LogP contribution is -2.17. The number of benzene rings is 6. The monoisotopic (exact) mass is 546 g/mol. The summed E-state index contributed by atoms with van der Waals surface area (Å²) in [5.41, 5.74) is 9.13. The van der Waals surface area contributed by atoms with E-state index in [0.717, 1.165) is 50.5 Å². The zero-order valence-corrected chi connectivity index (χ0v) is 23.2. The Kier molecular flexibility index (Phi) is 6.76. The molecule has 1 unspecified atom stereocenters. The van der Waals surface area contributed by atoms with Crippen LogP contribution in [0.25, 0.3) is 33.0 Å². The van der Waals surface area contributed by atoms with E-state index in [1.807, 2.05) is 36.4 Å². The van der Waals surface area contributed by atoms with Gasteiger partial charge in [0.15, 0.2) is 5.84 Å². The molecule has 0 fully saturated rings. The van der Waals surface area contributed by atoms with E-state index in [2.05, 4.69) is 109 Å². The molecule has 0 amide bonds. The molecule has 0 aromatic heterocycles. The highest BCUT2D eigenvalue weighted by atomic mass is 35.5. The largest absolute Gasteiger partial charge is 0.258 e. The highest BCUT2D eigenvalue weighted by Crippen LogP contribution is 2.35. The molecular formula is C38H27ClN2. The molecule has 196 valence electrons. The highest BCUT2D eigenvalue weighted by Gasteiger charge is 2.22. The summed E-state index contributed by atoms with van der Waals surface area (Å²) in [6.07, 6.45) is 0.740. The predicted octanol–water partition coefficient (Wildman–Crippen LogP) is 10.2. The van der Waals surface area contributed by atoms with Crippen molar-refractivity contribution in [2.75, 3.05) is 0 Å². The van der Waals surface area contributed by atoms with E-state index >= 15 is 0 Å². The molecular weight excluding hydrogens is 520 g/mol. The van der Waals surface area contributed by atoms with Crippen molar-refractivity contribution in [3.63, 3.8) is 0 Å². The molecule has 0 saturated heterocycles. The highest BCUT2D eigenvalue weighted by molar-refractivity contribution is 6.36. The minimum Gasteiger partial charge on any atom is -0.258 e. The van der Waals surface area contributed by atoms with Gasteiger partial charge in [-0.1, -0.05) is 151 Å². The van der Waals surface area contributed by atoms with Gasteiger partial charge < -0.3 is 0 Å². The van der Waals surface area contributed by atoms with E-state index in [9.17, 15) is 0 Å². The second kappa shape index (κ2) is 11.0. The Balaban J connectivity index is 1.23. The second-order valence-electron chi connectivity index (χ2n) is 10.3. The van der Waals surface area contributed by atoms with E-state index in [1.54, 1.807) is 0 Å². The average molecular weight is 547 g/mol. The minimum atomic E-state index is -0.0254. The van der Waals surface area contributed by atoms with Crippen LogP contribution in [0.5, 0.6) is 0 Å². The maximum atomic E-state index is 6.49. The molecule has 41 heavy (non-hydrogen) atoms. The smallest absolute Gasteiger partial charge is 0.155 e. The number of halogens is 1. The maximum absolute atomic E-state index is 6.49. The summed E-state index contributed by atoms with van der Waals surface area (Å²) in [7, 11) is 0. The summed E-state index contributed by atoms with van der Waals surface area (Å²) in [5, 5.41) is 3.00. The van der Waals surface area contributed by atoms with E-state index in [-0.39, 0.29) is 6.04 Å². The molecule has 7 rings (SSSR count). The third-order valence-electron chi connectivity index (χ3n) is 7.74. The normalized spacial score (nSPS) is 14.9. The summed E-state index contributed by atoms with van der Waals surface area (Å²) in [5.74, 6) is 0.775. The van der Waals surface area contributed by atoms with Gasteiger partial charge in [-0.3, -0.25) is 4.99 Å². The van der Waals surface area contributed by atoms with Crippen LogP contribution in [0.3, 0.4) is 0 Å². The van der Waals surface area contributed by atoms with Crippen LogP contribution in [0.2, 0.25) is 5.02 Å². The van der Waals surface area contributed by atoms with Crippen molar-refractivity contribution >= 4 is 33.9 Å². The number of rotatable bonds is 5. The summed E-state index contributed by atoms with van der Waals surface area (Å²) < 4.78 is 0. The zero-order valence-electron chi connectivity index (χ0n) is 22.4. The van der Waals surface area contributed by atoms with Crippen LogP contribution in [0.15, 0.2) is 156 Å². The first-order valence-electron chi connectivity index (χ1n) is 13.9. The number of hydrogen-bond donors (Lipinski definition) is 0. The van der Waals surface area contributed by atoms with Crippen molar-refractivity contribution in [2.24, 2.45) is 9.98 Å². The average Bonchev–Trinajstić information content (AvgIpc) is 3.06. The third kappa shape index (κ3) is 5.11. The molecule has 0 radical (unpaired) electrons. The van der Waals surface area contributed by atoms with Gasteiger partial charge in [0.1, 0.15) is 0 Å². The van der Waals surface area contributed by atoms with Gasteiger partial charge in [0.25, 0.3) is 0 Å². The summed E-state index contributed by atoms with van der Waals surface area (Å²) in [6, 6.07) is 50.6. The number of nitrogens with zero attached hydrogens (tertiary/aromatic N) is 2. The first-order valence-corrected chi connectivity index (χ1v) is 14.2. The molecule has 3 heteroatoms. The van der Waals surface area contributed by atoms with Gasteiger partial charge in [-0.15, -0.1) is 0 Å². The maximum Gasteiger partial charge on any atom is 0.155 e. The zero-order chi connectivity index (χ0) is 27.6. The Morgan fingerprint density at radius 1 is 0.488 bits per heavy atom. The van der Waals surface area contributed by atoms with Crippen LogP contribution in [0.1, 0.15) is 29.2 Å². The van der Waals surface area contributed by atoms with Crippen LogP contribution >= 0.6 is 11.6 Å². The van der Waals surface area contributed by atoms with E-state index in [4.69, 9.17) is 21.6 Å². The summed E-state index contributed by atoms with van der Waals surface area (Å²) >= 11 is 6.49. The van der Waals surface area contributed by atoms with Crippen LogP contribution in [0, 0.1) is 0 Å². The standard InChI is InChI=1S/C38H27ClN2/c39-35-24-23-32(33-13-7-8-14-34(33)35)28-17-21-30(22-18-28)37-25-36(40-38(41-37)31-11-5-2-6-12-31)29-19-15-27(16-20-29)26-9-3-1-4-10-26/h1-24,37H,25H2. The fourth-order valence-electron chi connectivity index (χ4n) is 5.56. The fraction of sp³-hybridized carbons (Fsp3) is 0.0526. The SMILES string of the molecule is Clc1ccc(-c2ccc(C3CC(c4ccc(-c5ccccc5)cc4)=NC(c4ccccc4)=N3)cc2)c2ccccc12. The Hall–Kier alpha value is -4.79. The molecule has 1 aliphatic heterocycles. The van der Waals surface area contributed by atoms with Crippen molar-refractivity contribution in [3.05, 3.63) is 167 Å². The van der Waals surface area contributed by atoms with Crippen molar-refractivity contribution in [2.45, 2.75) is 12.5 Å². The second-order valence-corrected chi connectivity index (χ2v) is 10.7. The molecule has 2 nitrogen and oxygen atoms in total. The van der Waals surface area contributed by atoms with Crippen molar-refractivity contribution in [1.29, 1.82) is 0 Å². The van der Waals surface area contributed by atoms with Gasteiger partial charge in [0, 0.05) is 22.4 Å². The lowest BCUT2D eigenvalue weighted by atomic mass is 9.92. The van der Waals surface area contributed by atoms with Crippen LogP contribution < -0.4 is 0 Å². The lowest BCUT2D eigenvalue weighted by Gasteiger charge is -2.22. The molecule has 0 aliphatic carbocycles. The molecule has 0 saturated carbocycles. The third-order valence-corrected chi connectivity index (χ3v) is 8.07. The van der Waals surface area contributed by atoms with E-state index in [1.165, 1.54) is 22.3 Å². The Morgan fingerprint density at radius 2 is 1.05 bits per heavy atom. The molecule has 6 aromatic rings. The van der Waals surface area contributed by atoms with Crippen molar-refractivity contribution < 1.29 is 0 Å². The number of hydrogen-bond acceptors (Lipinski definition) is 2. The Morgan fingerprint density at radius 3 is 1.76 bits per heavy atom. The molecule has 6 aromatic carbocycles. The number of amidine groups is 1. The van der Waals surface area contributed by atoms with E-state index in [0.29, 0.717) is 0 Å². The predicted molar refractivity (Wildman–Crippen MR) is 173 cm³/mol. The van der Waals surface area contributed by atoms with Gasteiger partial charge in [0.05, 0.1) is 11.8 Å². The first-order chi connectivity index (χ1) is 20.2. The van der Waals surface area contributed by atoms with Crippen molar-refractivity contribution in [3.8, 4) is 22.3 Å². The van der Waals surface area contributed by atoms with Crippen molar-refractivity contribution in [1.82, 2.24) is 0 Å². The Labute approximate surface area is 245 Å². The topological polar surface area (TPSA) is 24.7 Å². The van der Waals surface area contributed by atoms with Gasteiger partial charge in [-0.05, 0) is 44.8 Å². The summed E-state index contributed by atoms with van der Waals surface area (Å²) in [6.45, 7) is 0. The number of fused-ring (bicyclic) bond motifs is 1. The molecule has 1 aliphatic rings. The first kappa shape index (κ1) is 25.2. The van der Waals surface area contributed by atoms with Crippen LogP contribution in [-0.2, 0) is 0 Å². The summed E-state index contributed by atoms with van der Waals surface area (Å²) in [4.78, 5) is 10.2. The van der Waals surface area contributed by atoms with Crippen LogP contribution in [-0.4, -0.2) is 11.5 Å². The molecule has 0 spiro atoms. The molecule has 1 heterocycles. The molecule has 1 atom stereocenters. The van der Waals surface area contributed by atoms with Gasteiger partial charge >= 0.3 is 0 Å². The fourth-order valence-corrected chi connectivity index (χ4v) is 5.79.